The molecule has 0 unspecified atom stereocenters. The van der Waals surface area contributed by atoms with Crippen molar-refractivity contribution < 1.29 is 5.32 Å². The van der Waals surface area contributed by atoms with Crippen molar-refractivity contribution in [2.45, 2.75) is 6.42 Å². The predicted molar refractivity (Wildman–Crippen MR) is 118 cm³/mol. The Morgan fingerprint density at radius 3 is 2.83 bits per heavy atom. The van der Waals surface area contributed by atoms with Gasteiger partial charge >= 0.3 is 0 Å². The van der Waals surface area contributed by atoms with Gasteiger partial charge in [0.1, 0.15) is 5.82 Å². The lowest BCUT2D eigenvalue weighted by Crippen LogP contribution is -2.78. The van der Waals surface area contributed by atoms with Gasteiger partial charge in [-0.1, -0.05) is 17.7 Å². The fourth-order valence-electron chi connectivity index (χ4n) is 2.64. The number of anilines is 3. The van der Waals surface area contributed by atoms with E-state index in [4.69, 9.17) is 17.0 Å². The SMILES string of the molecule is N=C/C=C\[NH2+]CCCNc1cncc(-c2cncc(Nc3cccc(Cl)c3)n2)c1. The molecule has 148 valence electrons. The first-order valence-electron chi connectivity index (χ1n) is 9.27. The lowest BCUT2D eigenvalue weighted by atomic mass is 10.2. The van der Waals surface area contributed by atoms with Crippen molar-refractivity contribution >= 4 is 35.0 Å². The maximum absolute atomic E-state index is 6.93. The van der Waals surface area contributed by atoms with E-state index in [2.05, 4.69) is 30.9 Å². The Kier molecular flexibility index (Phi) is 7.68. The van der Waals surface area contributed by atoms with Crippen LogP contribution in [0.1, 0.15) is 6.42 Å². The number of hydrogen-bond acceptors (Lipinski definition) is 6. The van der Waals surface area contributed by atoms with Gasteiger partial charge < -0.3 is 21.4 Å². The number of quaternary nitrogens is 1. The van der Waals surface area contributed by atoms with Crippen LogP contribution in [0.2, 0.25) is 5.02 Å². The van der Waals surface area contributed by atoms with E-state index in [1.54, 1.807) is 30.9 Å². The molecule has 8 heteroatoms. The van der Waals surface area contributed by atoms with Gasteiger partial charge in [-0.15, -0.1) is 0 Å². The number of rotatable bonds is 10. The summed E-state index contributed by atoms with van der Waals surface area (Å²) in [4.78, 5) is 13.2. The Morgan fingerprint density at radius 2 is 1.97 bits per heavy atom. The molecule has 0 radical (unpaired) electrons. The van der Waals surface area contributed by atoms with E-state index in [-0.39, 0.29) is 0 Å². The summed E-state index contributed by atoms with van der Waals surface area (Å²) < 4.78 is 0. The Bertz CT molecular complexity index is 975. The Labute approximate surface area is 174 Å². The van der Waals surface area contributed by atoms with Gasteiger partial charge in [0.15, 0.2) is 0 Å². The van der Waals surface area contributed by atoms with Gasteiger partial charge in [0.25, 0.3) is 0 Å². The number of hydrogen-bond donors (Lipinski definition) is 4. The van der Waals surface area contributed by atoms with Crippen LogP contribution in [0, 0.1) is 5.41 Å². The van der Waals surface area contributed by atoms with E-state index >= 15 is 0 Å². The monoisotopic (exact) mass is 408 g/mol. The highest BCUT2D eigenvalue weighted by Crippen LogP contribution is 2.22. The number of nitrogens with two attached hydrogens (primary N) is 1. The molecule has 5 N–H and O–H groups in total. The summed E-state index contributed by atoms with van der Waals surface area (Å²) >= 11 is 6.03. The topological polar surface area (TPSA) is 103 Å². The van der Waals surface area contributed by atoms with Crippen molar-refractivity contribution in [2.75, 3.05) is 23.7 Å². The molecule has 3 aromatic rings. The third-order valence-corrected chi connectivity index (χ3v) is 4.22. The second-order valence-corrected chi connectivity index (χ2v) is 6.68. The highest BCUT2D eigenvalue weighted by atomic mass is 35.5. The average molecular weight is 409 g/mol. The number of pyridine rings is 1. The number of halogens is 1. The van der Waals surface area contributed by atoms with Gasteiger partial charge in [-0.2, -0.15) is 0 Å². The van der Waals surface area contributed by atoms with Gasteiger partial charge in [-0.05, 0) is 24.3 Å². The summed E-state index contributed by atoms with van der Waals surface area (Å²) in [6, 6.07) is 9.47. The third-order valence-electron chi connectivity index (χ3n) is 3.99. The lowest BCUT2D eigenvalue weighted by molar-refractivity contribution is -0.587. The lowest BCUT2D eigenvalue weighted by Gasteiger charge is -2.09. The highest BCUT2D eigenvalue weighted by Gasteiger charge is 2.05. The minimum Gasteiger partial charge on any atom is -0.384 e. The highest BCUT2D eigenvalue weighted by molar-refractivity contribution is 6.30. The van der Waals surface area contributed by atoms with Crippen LogP contribution in [-0.4, -0.2) is 34.3 Å². The van der Waals surface area contributed by atoms with Crippen molar-refractivity contribution in [3.05, 3.63) is 72.4 Å². The molecule has 0 aliphatic rings. The molecule has 0 aliphatic carbocycles. The average Bonchev–Trinajstić information content (AvgIpc) is 2.74. The summed E-state index contributed by atoms with van der Waals surface area (Å²) in [6.45, 7) is 1.79. The van der Waals surface area contributed by atoms with E-state index in [9.17, 15) is 0 Å². The first-order valence-corrected chi connectivity index (χ1v) is 9.65. The first kappa shape index (κ1) is 20.4. The minimum atomic E-state index is 0.636. The minimum absolute atomic E-state index is 0.636. The second-order valence-electron chi connectivity index (χ2n) is 6.24. The Balaban J connectivity index is 1.61. The molecule has 0 saturated carbocycles. The summed E-state index contributed by atoms with van der Waals surface area (Å²) in [5.74, 6) is 0.636. The Morgan fingerprint density at radius 1 is 1.07 bits per heavy atom. The number of aromatic nitrogens is 3. The smallest absolute Gasteiger partial charge is 0.149 e. The van der Waals surface area contributed by atoms with Crippen LogP contribution in [0.15, 0.2) is 67.4 Å². The molecular formula is C21H23ClN7+. The van der Waals surface area contributed by atoms with Crippen LogP contribution >= 0.6 is 11.6 Å². The number of nitrogens with one attached hydrogen (secondary N) is 3. The van der Waals surface area contributed by atoms with E-state index in [1.807, 2.05) is 36.5 Å². The van der Waals surface area contributed by atoms with Gasteiger partial charge in [0.2, 0.25) is 0 Å². The quantitative estimate of drug-likeness (QED) is 0.304. The molecule has 29 heavy (non-hydrogen) atoms. The standard InChI is InChI=1S/C21H22ClN7/c22-17-4-1-5-18(11-17)28-21-15-26-14-20(29-21)16-10-19(13-25-12-16)27-9-3-8-24-7-2-6-23/h1-2,4-7,10-15,23-24,27H,3,8-9H2,(H,28,29)/p+1/b7-2-,23-6?. The van der Waals surface area contributed by atoms with Crippen LogP contribution in [0.3, 0.4) is 0 Å². The molecule has 0 fully saturated rings. The molecule has 3 rings (SSSR count). The van der Waals surface area contributed by atoms with Gasteiger partial charge in [-0.25, -0.2) is 4.98 Å². The van der Waals surface area contributed by atoms with E-state index in [0.717, 1.165) is 42.1 Å². The molecule has 0 amide bonds. The molecule has 0 atom stereocenters. The zero-order valence-corrected chi connectivity index (χ0v) is 16.6. The van der Waals surface area contributed by atoms with E-state index < -0.39 is 0 Å². The van der Waals surface area contributed by atoms with Crippen LogP contribution < -0.4 is 16.0 Å². The number of benzene rings is 1. The summed E-state index contributed by atoms with van der Waals surface area (Å²) in [5, 5.41) is 16.2. The van der Waals surface area contributed by atoms with Crippen molar-refractivity contribution in [3.63, 3.8) is 0 Å². The van der Waals surface area contributed by atoms with Gasteiger partial charge in [0, 0.05) is 53.9 Å². The fourth-order valence-corrected chi connectivity index (χ4v) is 2.83. The van der Waals surface area contributed by atoms with E-state index in [1.165, 1.54) is 6.21 Å². The largest absolute Gasteiger partial charge is 0.384 e. The second kappa shape index (κ2) is 10.9. The molecule has 0 aliphatic heterocycles. The maximum atomic E-state index is 6.93. The number of allylic oxidation sites excluding steroid dienone is 1. The molecular weight excluding hydrogens is 386 g/mol. The summed E-state index contributed by atoms with van der Waals surface area (Å²) in [7, 11) is 0. The molecule has 0 saturated heterocycles. The summed E-state index contributed by atoms with van der Waals surface area (Å²) in [6.07, 6.45) is 12.8. The molecule has 2 heterocycles. The van der Waals surface area contributed by atoms with Crippen molar-refractivity contribution in [1.82, 2.24) is 15.0 Å². The normalized spacial score (nSPS) is 10.8. The zero-order valence-electron chi connectivity index (χ0n) is 15.8. The number of nitrogens with zero attached hydrogens (tertiary/aromatic N) is 3. The van der Waals surface area contributed by atoms with Crippen LogP contribution in [0.4, 0.5) is 17.2 Å². The molecule has 1 aromatic carbocycles. The zero-order chi connectivity index (χ0) is 20.3. The van der Waals surface area contributed by atoms with Crippen molar-refractivity contribution in [1.29, 1.82) is 5.41 Å². The molecule has 0 spiro atoms. The molecule has 2 aromatic heterocycles. The summed E-state index contributed by atoms with van der Waals surface area (Å²) in [5.41, 5.74) is 3.41. The van der Waals surface area contributed by atoms with Crippen molar-refractivity contribution in [3.8, 4) is 11.3 Å². The third kappa shape index (κ3) is 6.67. The molecule has 0 bridgehead atoms. The van der Waals surface area contributed by atoms with Gasteiger partial charge in [0.05, 0.1) is 36.5 Å². The van der Waals surface area contributed by atoms with Gasteiger partial charge in [-0.3, -0.25) is 9.97 Å². The van der Waals surface area contributed by atoms with E-state index in [0.29, 0.717) is 10.8 Å². The first-order chi connectivity index (χ1) is 14.2. The van der Waals surface area contributed by atoms with Crippen LogP contribution in [0.25, 0.3) is 11.3 Å². The maximum Gasteiger partial charge on any atom is 0.149 e. The van der Waals surface area contributed by atoms with Crippen molar-refractivity contribution in [2.24, 2.45) is 0 Å². The molecule has 7 nitrogen and oxygen atoms in total. The Hall–Kier alpha value is -3.29. The fraction of sp³-hybridized carbons (Fsp3) is 0.143. The van der Waals surface area contributed by atoms with Crippen LogP contribution in [0.5, 0.6) is 0 Å². The van der Waals surface area contributed by atoms with Crippen LogP contribution in [-0.2, 0) is 0 Å². The predicted octanol–water partition coefficient (Wildman–Crippen LogP) is 3.46.